The van der Waals surface area contributed by atoms with Crippen molar-refractivity contribution in [3.63, 3.8) is 0 Å². The largest absolute Gasteiger partial charge is 0.496 e. The van der Waals surface area contributed by atoms with Gasteiger partial charge in [-0.05, 0) is 32.4 Å². The number of methoxy groups -OCH3 is 1. The quantitative estimate of drug-likeness (QED) is 0.770. The standard InChI is InChI=1S/C14H21NO2/c1-5-10(2)15-11(3)14(16)12-8-6-7-9-13(12)17-4/h6-11,15H,5H2,1-4H3. The maximum atomic E-state index is 12.2. The van der Waals surface area contributed by atoms with Crippen molar-refractivity contribution < 1.29 is 9.53 Å². The molecule has 17 heavy (non-hydrogen) atoms. The van der Waals surface area contributed by atoms with Gasteiger partial charge in [0.25, 0.3) is 0 Å². The molecule has 0 radical (unpaired) electrons. The first-order chi connectivity index (χ1) is 8.10. The predicted molar refractivity (Wildman–Crippen MR) is 69.7 cm³/mol. The van der Waals surface area contributed by atoms with Crippen molar-refractivity contribution in [3.8, 4) is 5.75 Å². The number of Topliss-reactive ketones (excluding diaryl/α,β-unsaturated/α-hetero) is 1. The molecule has 0 aliphatic carbocycles. The summed E-state index contributed by atoms with van der Waals surface area (Å²) in [5.41, 5.74) is 0.637. The van der Waals surface area contributed by atoms with Gasteiger partial charge in [0.2, 0.25) is 0 Å². The van der Waals surface area contributed by atoms with Gasteiger partial charge in [-0.15, -0.1) is 0 Å². The number of hydrogen-bond donors (Lipinski definition) is 1. The number of carbonyl (C=O) groups excluding carboxylic acids is 1. The fourth-order valence-corrected chi connectivity index (χ4v) is 1.70. The third kappa shape index (κ3) is 3.56. The maximum absolute atomic E-state index is 12.2. The molecule has 2 unspecified atom stereocenters. The van der Waals surface area contributed by atoms with Crippen LogP contribution < -0.4 is 10.1 Å². The van der Waals surface area contributed by atoms with E-state index in [1.165, 1.54) is 0 Å². The molecule has 3 heteroatoms. The van der Waals surface area contributed by atoms with Crippen molar-refractivity contribution in [2.75, 3.05) is 7.11 Å². The fourth-order valence-electron chi connectivity index (χ4n) is 1.70. The van der Waals surface area contributed by atoms with E-state index >= 15 is 0 Å². The summed E-state index contributed by atoms with van der Waals surface area (Å²) in [4.78, 5) is 12.2. The highest BCUT2D eigenvalue weighted by molar-refractivity contribution is 6.02. The van der Waals surface area contributed by atoms with Crippen LogP contribution >= 0.6 is 0 Å². The van der Waals surface area contributed by atoms with E-state index in [2.05, 4.69) is 19.2 Å². The lowest BCUT2D eigenvalue weighted by atomic mass is 10.0. The Kier molecular flexibility index (Phi) is 5.16. The molecule has 0 saturated carbocycles. The number of hydrogen-bond acceptors (Lipinski definition) is 3. The molecule has 1 aromatic rings. The van der Waals surface area contributed by atoms with Crippen LogP contribution in [0.4, 0.5) is 0 Å². The summed E-state index contributed by atoms with van der Waals surface area (Å²) in [6.07, 6.45) is 1.00. The highest BCUT2D eigenvalue weighted by Crippen LogP contribution is 2.19. The van der Waals surface area contributed by atoms with E-state index in [4.69, 9.17) is 4.74 Å². The normalized spacial score (nSPS) is 14.1. The summed E-state index contributed by atoms with van der Waals surface area (Å²) >= 11 is 0. The van der Waals surface area contributed by atoms with E-state index in [0.29, 0.717) is 17.4 Å². The molecule has 0 saturated heterocycles. The molecule has 0 amide bonds. The number of benzene rings is 1. The molecule has 3 nitrogen and oxygen atoms in total. The molecule has 1 N–H and O–H groups in total. The molecule has 2 atom stereocenters. The van der Waals surface area contributed by atoms with E-state index in [9.17, 15) is 4.79 Å². The van der Waals surface area contributed by atoms with Gasteiger partial charge in [-0.25, -0.2) is 0 Å². The van der Waals surface area contributed by atoms with Gasteiger partial charge in [-0.3, -0.25) is 4.79 Å². The average Bonchev–Trinajstić information content (AvgIpc) is 2.37. The Morgan fingerprint density at radius 1 is 1.35 bits per heavy atom. The number of ketones is 1. The third-order valence-electron chi connectivity index (χ3n) is 2.91. The number of nitrogens with one attached hydrogen (secondary N) is 1. The van der Waals surface area contributed by atoms with Gasteiger partial charge < -0.3 is 10.1 Å². The lowest BCUT2D eigenvalue weighted by molar-refractivity contribution is 0.0942. The second-order valence-electron chi connectivity index (χ2n) is 4.26. The zero-order chi connectivity index (χ0) is 12.8. The van der Waals surface area contributed by atoms with Crippen molar-refractivity contribution in [1.82, 2.24) is 5.32 Å². The molecule has 1 aromatic carbocycles. The van der Waals surface area contributed by atoms with E-state index in [-0.39, 0.29) is 11.8 Å². The number of carbonyl (C=O) groups is 1. The van der Waals surface area contributed by atoms with Crippen LogP contribution in [0.15, 0.2) is 24.3 Å². The summed E-state index contributed by atoms with van der Waals surface area (Å²) in [5.74, 6) is 0.707. The molecular formula is C14H21NO2. The highest BCUT2D eigenvalue weighted by Gasteiger charge is 2.19. The fraction of sp³-hybridized carbons (Fsp3) is 0.500. The monoisotopic (exact) mass is 235 g/mol. The Bertz CT molecular complexity index is 376. The summed E-state index contributed by atoms with van der Waals surface area (Å²) in [6, 6.07) is 7.47. The number of para-hydroxylation sites is 1. The van der Waals surface area contributed by atoms with Gasteiger partial charge in [0, 0.05) is 6.04 Å². The average molecular weight is 235 g/mol. The van der Waals surface area contributed by atoms with Crippen molar-refractivity contribution in [2.24, 2.45) is 0 Å². The van der Waals surface area contributed by atoms with E-state index < -0.39 is 0 Å². The molecule has 0 fully saturated rings. The molecule has 0 spiro atoms. The summed E-state index contributed by atoms with van der Waals surface area (Å²) in [5, 5.41) is 3.27. The van der Waals surface area contributed by atoms with E-state index in [0.717, 1.165) is 6.42 Å². The van der Waals surface area contributed by atoms with Crippen LogP contribution in [0.1, 0.15) is 37.6 Å². The molecular weight excluding hydrogens is 214 g/mol. The van der Waals surface area contributed by atoms with Crippen molar-refractivity contribution in [1.29, 1.82) is 0 Å². The van der Waals surface area contributed by atoms with Crippen molar-refractivity contribution >= 4 is 5.78 Å². The molecule has 0 aliphatic heterocycles. The molecule has 94 valence electrons. The smallest absolute Gasteiger partial charge is 0.183 e. The number of ether oxygens (including phenoxy) is 1. The van der Waals surface area contributed by atoms with Gasteiger partial charge in [-0.2, -0.15) is 0 Å². The minimum atomic E-state index is -0.193. The second-order valence-corrected chi connectivity index (χ2v) is 4.26. The lowest BCUT2D eigenvalue weighted by Gasteiger charge is -2.18. The minimum Gasteiger partial charge on any atom is -0.496 e. The van der Waals surface area contributed by atoms with Crippen LogP contribution in [0.3, 0.4) is 0 Å². The van der Waals surface area contributed by atoms with Crippen molar-refractivity contribution in [3.05, 3.63) is 29.8 Å². The highest BCUT2D eigenvalue weighted by atomic mass is 16.5. The second kappa shape index (κ2) is 6.40. The molecule has 0 aromatic heterocycles. The zero-order valence-electron chi connectivity index (χ0n) is 11.0. The summed E-state index contributed by atoms with van der Waals surface area (Å²) in [6.45, 7) is 6.06. The molecule has 1 rings (SSSR count). The van der Waals surface area contributed by atoms with Crippen LogP contribution in [-0.2, 0) is 0 Å². The van der Waals surface area contributed by atoms with Crippen LogP contribution in [0, 0.1) is 0 Å². The molecule has 0 bridgehead atoms. The first-order valence-electron chi connectivity index (χ1n) is 6.03. The Labute approximate surface area is 103 Å². The van der Waals surface area contributed by atoms with E-state index in [1.807, 2.05) is 25.1 Å². The SMILES string of the molecule is CCC(C)NC(C)C(=O)c1ccccc1OC. The Morgan fingerprint density at radius 3 is 2.59 bits per heavy atom. The lowest BCUT2D eigenvalue weighted by Crippen LogP contribution is -2.39. The Morgan fingerprint density at radius 2 is 2.00 bits per heavy atom. The van der Waals surface area contributed by atoms with Gasteiger partial charge in [-0.1, -0.05) is 19.1 Å². The minimum absolute atomic E-state index is 0.0720. The van der Waals surface area contributed by atoms with Gasteiger partial charge in [0.05, 0.1) is 18.7 Å². The van der Waals surface area contributed by atoms with Crippen LogP contribution in [0.2, 0.25) is 0 Å². The van der Waals surface area contributed by atoms with E-state index in [1.54, 1.807) is 13.2 Å². The van der Waals surface area contributed by atoms with Gasteiger partial charge in [0.1, 0.15) is 5.75 Å². The van der Waals surface area contributed by atoms with Crippen LogP contribution in [0.5, 0.6) is 5.75 Å². The summed E-state index contributed by atoms with van der Waals surface area (Å²) < 4.78 is 5.20. The summed E-state index contributed by atoms with van der Waals surface area (Å²) in [7, 11) is 1.58. The zero-order valence-corrected chi connectivity index (χ0v) is 11.0. The first kappa shape index (κ1) is 13.7. The van der Waals surface area contributed by atoms with Gasteiger partial charge in [0.15, 0.2) is 5.78 Å². The van der Waals surface area contributed by atoms with Crippen molar-refractivity contribution in [2.45, 2.75) is 39.3 Å². The third-order valence-corrected chi connectivity index (χ3v) is 2.91. The Hall–Kier alpha value is -1.35. The molecule has 0 heterocycles. The van der Waals surface area contributed by atoms with Crippen LogP contribution in [0.25, 0.3) is 0 Å². The Balaban J connectivity index is 2.81. The van der Waals surface area contributed by atoms with Crippen LogP contribution in [-0.4, -0.2) is 25.0 Å². The number of rotatable bonds is 6. The topological polar surface area (TPSA) is 38.3 Å². The first-order valence-corrected chi connectivity index (χ1v) is 6.03. The maximum Gasteiger partial charge on any atom is 0.183 e. The van der Waals surface area contributed by atoms with Gasteiger partial charge >= 0.3 is 0 Å². The molecule has 0 aliphatic rings. The predicted octanol–water partition coefficient (Wildman–Crippen LogP) is 2.65.